The Bertz CT molecular complexity index is 1380. The van der Waals surface area contributed by atoms with Crippen molar-refractivity contribution in [2.75, 3.05) is 19.6 Å². The third-order valence-electron chi connectivity index (χ3n) is 7.53. The van der Waals surface area contributed by atoms with E-state index in [1.54, 1.807) is 12.3 Å². The highest BCUT2D eigenvalue weighted by Gasteiger charge is 2.39. The number of aromatic nitrogens is 2. The Kier molecular flexibility index (Phi) is 5.57. The van der Waals surface area contributed by atoms with E-state index in [1.807, 2.05) is 29.2 Å². The summed E-state index contributed by atoms with van der Waals surface area (Å²) in [5.74, 6) is -0.520. The predicted octanol–water partition coefficient (Wildman–Crippen LogP) is 5.24. The number of carbonyl (C=O) groups is 1. The maximum absolute atomic E-state index is 15.1. The molecule has 3 aromatic carbocycles. The van der Waals surface area contributed by atoms with Gasteiger partial charge in [-0.1, -0.05) is 12.1 Å². The molecule has 1 aromatic heterocycles. The number of halogens is 2. The molecule has 1 unspecified atom stereocenters. The molecule has 178 valence electrons. The lowest BCUT2D eigenvalue weighted by molar-refractivity contribution is 0.00434. The van der Waals surface area contributed by atoms with Crippen LogP contribution in [-0.4, -0.2) is 51.6 Å². The van der Waals surface area contributed by atoms with Gasteiger partial charge < -0.3 is 9.80 Å². The van der Waals surface area contributed by atoms with Gasteiger partial charge in [-0.2, -0.15) is 5.10 Å². The summed E-state index contributed by atoms with van der Waals surface area (Å²) in [5.41, 5.74) is 3.67. The van der Waals surface area contributed by atoms with E-state index in [2.05, 4.69) is 15.1 Å². The Hall–Kier alpha value is -3.58. The van der Waals surface area contributed by atoms with Crippen LogP contribution < -0.4 is 0 Å². The summed E-state index contributed by atoms with van der Waals surface area (Å²) in [6, 6.07) is 16.7. The average molecular weight is 473 g/mol. The monoisotopic (exact) mass is 472 g/mol. The number of nitrogens with one attached hydrogen (secondary N) is 1. The molecular weight excluding hydrogens is 446 g/mol. The van der Waals surface area contributed by atoms with Crippen molar-refractivity contribution in [1.82, 2.24) is 20.0 Å². The van der Waals surface area contributed by atoms with Crippen LogP contribution in [0.4, 0.5) is 8.78 Å². The van der Waals surface area contributed by atoms with Crippen LogP contribution in [-0.2, 0) is 6.54 Å². The molecule has 4 heterocycles. The highest BCUT2D eigenvalue weighted by atomic mass is 19.1. The van der Waals surface area contributed by atoms with Crippen LogP contribution in [0.2, 0.25) is 0 Å². The number of hydrogen-bond acceptors (Lipinski definition) is 3. The Balaban J connectivity index is 1.36. The van der Waals surface area contributed by atoms with Crippen molar-refractivity contribution in [3.63, 3.8) is 0 Å². The van der Waals surface area contributed by atoms with Gasteiger partial charge in [-0.3, -0.25) is 9.89 Å². The molecule has 7 rings (SSSR count). The minimum atomic E-state index is -0.385. The summed E-state index contributed by atoms with van der Waals surface area (Å²) in [5, 5.41) is 8.00. The number of piperidine rings is 3. The molecule has 3 aliphatic rings. The van der Waals surface area contributed by atoms with Crippen LogP contribution >= 0.6 is 0 Å². The largest absolute Gasteiger partial charge is 0.330 e. The maximum atomic E-state index is 15.1. The lowest BCUT2D eigenvalue weighted by atomic mass is 9.82. The van der Waals surface area contributed by atoms with Gasteiger partial charge in [0.2, 0.25) is 0 Å². The molecule has 0 saturated carbocycles. The van der Waals surface area contributed by atoms with E-state index in [4.69, 9.17) is 0 Å². The number of benzene rings is 3. The number of H-pyrrole nitrogens is 1. The molecule has 7 heteroatoms. The Morgan fingerprint density at radius 1 is 1.00 bits per heavy atom. The molecule has 3 aliphatic heterocycles. The Morgan fingerprint density at radius 2 is 1.74 bits per heavy atom. The van der Waals surface area contributed by atoms with Crippen LogP contribution in [0.3, 0.4) is 0 Å². The van der Waals surface area contributed by atoms with Gasteiger partial charge >= 0.3 is 0 Å². The summed E-state index contributed by atoms with van der Waals surface area (Å²) >= 11 is 0. The Labute approximate surface area is 202 Å². The van der Waals surface area contributed by atoms with E-state index in [-0.39, 0.29) is 30.1 Å². The van der Waals surface area contributed by atoms with Gasteiger partial charge in [0.1, 0.15) is 11.6 Å². The van der Waals surface area contributed by atoms with E-state index < -0.39 is 0 Å². The minimum Gasteiger partial charge on any atom is -0.330 e. The van der Waals surface area contributed by atoms with Gasteiger partial charge in [0, 0.05) is 35.6 Å². The number of nitrogens with zero attached hydrogens (tertiary/aromatic N) is 3. The molecule has 1 N–H and O–H groups in total. The highest BCUT2D eigenvalue weighted by molar-refractivity contribution is 5.94. The van der Waals surface area contributed by atoms with E-state index >= 15 is 4.39 Å². The second kappa shape index (κ2) is 8.89. The number of amides is 1. The fourth-order valence-corrected chi connectivity index (χ4v) is 5.57. The van der Waals surface area contributed by atoms with Gasteiger partial charge in [-0.15, -0.1) is 0 Å². The van der Waals surface area contributed by atoms with Crippen molar-refractivity contribution in [2.45, 2.75) is 25.4 Å². The van der Waals surface area contributed by atoms with Crippen molar-refractivity contribution in [3.05, 3.63) is 89.6 Å². The molecule has 4 aromatic rings. The second-order valence-corrected chi connectivity index (χ2v) is 9.62. The smallest absolute Gasteiger partial charge is 0.254 e. The second-order valence-electron chi connectivity index (χ2n) is 9.62. The normalized spacial score (nSPS) is 21.4. The van der Waals surface area contributed by atoms with Gasteiger partial charge in [0.05, 0.1) is 11.7 Å². The number of hydrogen-bond donors (Lipinski definition) is 1. The average Bonchev–Trinajstić information content (AvgIpc) is 3.37. The van der Waals surface area contributed by atoms with Crippen molar-refractivity contribution in [2.24, 2.45) is 5.92 Å². The zero-order chi connectivity index (χ0) is 23.9. The van der Waals surface area contributed by atoms with E-state index in [1.165, 1.54) is 30.3 Å². The number of aromatic amines is 1. The van der Waals surface area contributed by atoms with Crippen LogP contribution in [0.25, 0.3) is 22.0 Å². The standard InChI is InChI=1S/C28H26F2N4O/c29-24-5-1-19(2-6-24)28(35)34(27-17-33-11-9-18(27)10-12-33)16-23-14-20(3-7-25(23)30)21-4-8-26-22(13-21)15-31-32-26/h1-8,13-15,18,27H,9-12,16-17H2,(H,31,32). The predicted molar refractivity (Wildman–Crippen MR) is 131 cm³/mol. The quantitative estimate of drug-likeness (QED) is 0.432. The van der Waals surface area contributed by atoms with Crippen molar-refractivity contribution in [3.8, 4) is 11.1 Å². The van der Waals surface area contributed by atoms with Crippen LogP contribution in [0.1, 0.15) is 28.8 Å². The van der Waals surface area contributed by atoms with Crippen molar-refractivity contribution in [1.29, 1.82) is 0 Å². The summed E-state index contributed by atoms with van der Waals surface area (Å²) in [4.78, 5) is 17.9. The first-order valence-corrected chi connectivity index (χ1v) is 12.1. The van der Waals surface area contributed by atoms with Gasteiger partial charge in [0.15, 0.2) is 0 Å². The minimum absolute atomic E-state index is 0.000361. The molecule has 3 fully saturated rings. The van der Waals surface area contributed by atoms with Gasteiger partial charge in [0.25, 0.3) is 5.91 Å². The number of carbonyl (C=O) groups excluding carboxylic acids is 1. The van der Waals surface area contributed by atoms with Crippen molar-refractivity contribution < 1.29 is 13.6 Å². The summed E-state index contributed by atoms with van der Waals surface area (Å²) in [6.45, 7) is 3.04. The topological polar surface area (TPSA) is 52.2 Å². The first-order chi connectivity index (χ1) is 17.0. The highest BCUT2D eigenvalue weighted by Crippen LogP contribution is 2.34. The fraction of sp³-hybridized carbons (Fsp3) is 0.286. The molecule has 0 radical (unpaired) electrons. The molecule has 35 heavy (non-hydrogen) atoms. The van der Waals surface area contributed by atoms with Gasteiger partial charge in [-0.25, -0.2) is 8.78 Å². The molecule has 0 aliphatic carbocycles. The summed E-state index contributed by atoms with van der Waals surface area (Å²) in [6.07, 6.45) is 3.83. The van der Waals surface area contributed by atoms with Crippen molar-refractivity contribution >= 4 is 16.8 Å². The Morgan fingerprint density at radius 3 is 2.49 bits per heavy atom. The van der Waals surface area contributed by atoms with E-state index in [0.717, 1.165) is 54.5 Å². The van der Waals surface area contributed by atoms with E-state index in [9.17, 15) is 9.18 Å². The third kappa shape index (κ3) is 4.21. The zero-order valence-corrected chi connectivity index (χ0v) is 19.3. The summed E-state index contributed by atoms with van der Waals surface area (Å²) < 4.78 is 28.6. The van der Waals surface area contributed by atoms with Crippen LogP contribution in [0.15, 0.2) is 66.9 Å². The van der Waals surface area contributed by atoms with Crippen LogP contribution in [0.5, 0.6) is 0 Å². The first kappa shape index (κ1) is 21.9. The zero-order valence-electron chi connectivity index (χ0n) is 19.3. The lowest BCUT2D eigenvalue weighted by Gasteiger charge is -2.49. The summed E-state index contributed by atoms with van der Waals surface area (Å²) in [7, 11) is 0. The van der Waals surface area contributed by atoms with Crippen LogP contribution in [0, 0.1) is 17.6 Å². The molecule has 1 atom stereocenters. The molecule has 5 nitrogen and oxygen atoms in total. The third-order valence-corrected chi connectivity index (χ3v) is 7.53. The molecule has 3 saturated heterocycles. The lowest BCUT2D eigenvalue weighted by Crippen LogP contribution is -2.58. The number of fused-ring (bicyclic) bond motifs is 4. The van der Waals surface area contributed by atoms with E-state index in [0.29, 0.717) is 17.0 Å². The molecule has 1 amide bonds. The SMILES string of the molecule is O=C(c1ccc(F)cc1)N(Cc1cc(-c2ccc3[nH]ncc3c2)ccc1F)C1CN2CCC1CC2. The molecule has 2 bridgehead atoms. The van der Waals surface area contributed by atoms with Gasteiger partial charge in [-0.05, 0) is 91.5 Å². The first-order valence-electron chi connectivity index (χ1n) is 12.1. The fourth-order valence-electron chi connectivity index (χ4n) is 5.57. The molecule has 0 spiro atoms. The number of rotatable bonds is 5. The maximum Gasteiger partial charge on any atom is 0.254 e. The molecular formula is C28H26F2N4O.